The Balaban J connectivity index is 1.87. The highest BCUT2D eigenvalue weighted by Crippen LogP contribution is 2.11. The molecule has 1 amide bonds. The molecule has 0 saturated carbocycles. The predicted molar refractivity (Wildman–Crippen MR) is 102 cm³/mol. The summed E-state index contributed by atoms with van der Waals surface area (Å²) in [5, 5.41) is 3.80. The van der Waals surface area contributed by atoms with Crippen LogP contribution < -0.4 is 10.1 Å². The molecule has 2 aromatic carbocycles. The van der Waals surface area contributed by atoms with Crippen LogP contribution in [0.2, 0.25) is 0 Å². The van der Waals surface area contributed by atoms with Crippen LogP contribution in [-0.4, -0.2) is 39.3 Å². The average molecular weight is 374 g/mol. The number of ether oxygens (including phenoxy) is 1. The van der Waals surface area contributed by atoms with Gasteiger partial charge in [-0.25, -0.2) is 8.42 Å². The molecule has 0 unspecified atom stereocenters. The second kappa shape index (κ2) is 9.17. The van der Waals surface area contributed by atoms with Crippen LogP contribution in [0.3, 0.4) is 0 Å². The fourth-order valence-electron chi connectivity index (χ4n) is 2.12. The van der Waals surface area contributed by atoms with E-state index in [1.165, 1.54) is 13.1 Å². The van der Waals surface area contributed by atoms with Crippen molar-refractivity contribution in [2.75, 3.05) is 20.7 Å². The van der Waals surface area contributed by atoms with Crippen molar-refractivity contribution in [1.82, 2.24) is 9.62 Å². The quantitative estimate of drug-likeness (QED) is 0.769. The van der Waals surface area contributed by atoms with Gasteiger partial charge in [-0.3, -0.25) is 4.79 Å². The topological polar surface area (TPSA) is 75.7 Å². The SMILES string of the molecule is COc1ccc(CNC(=O)CN(C)S(=O)(=O)C=Cc2ccccc2)cc1. The average Bonchev–Trinajstić information content (AvgIpc) is 2.66. The second-order valence-electron chi connectivity index (χ2n) is 5.64. The molecule has 0 atom stereocenters. The van der Waals surface area contributed by atoms with Gasteiger partial charge in [0.15, 0.2) is 0 Å². The van der Waals surface area contributed by atoms with Crippen molar-refractivity contribution < 1.29 is 17.9 Å². The highest BCUT2D eigenvalue weighted by atomic mass is 32.2. The number of hydrogen-bond donors (Lipinski definition) is 1. The zero-order chi connectivity index (χ0) is 19.0. The number of nitrogens with zero attached hydrogens (tertiary/aromatic N) is 1. The van der Waals surface area contributed by atoms with Gasteiger partial charge < -0.3 is 10.1 Å². The van der Waals surface area contributed by atoms with Gasteiger partial charge in [0.05, 0.1) is 13.7 Å². The minimum absolute atomic E-state index is 0.252. The molecule has 1 N–H and O–H groups in total. The molecule has 26 heavy (non-hydrogen) atoms. The molecular formula is C19H22N2O4S. The molecule has 0 radical (unpaired) electrons. The number of likely N-dealkylation sites (N-methyl/N-ethyl adjacent to an activating group) is 1. The summed E-state index contributed by atoms with van der Waals surface area (Å²) in [7, 11) is -0.715. The molecule has 7 heteroatoms. The Labute approximate surface area is 154 Å². The van der Waals surface area contributed by atoms with Gasteiger partial charge in [0.1, 0.15) is 5.75 Å². The van der Waals surface area contributed by atoms with Crippen molar-refractivity contribution in [3.8, 4) is 5.75 Å². The van der Waals surface area contributed by atoms with E-state index in [9.17, 15) is 13.2 Å². The van der Waals surface area contributed by atoms with E-state index in [1.807, 2.05) is 30.3 Å². The molecule has 0 aliphatic carbocycles. The highest BCUT2D eigenvalue weighted by molar-refractivity contribution is 7.92. The summed E-state index contributed by atoms with van der Waals surface area (Å²) < 4.78 is 30.5. The molecule has 0 aliphatic heterocycles. The Kier molecular flexibility index (Phi) is 6.94. The maximum absolute atomic E-state index is 12.2. The van der Waals surface area contributed by atoms with Crippen molar-refractivity contribution >= 4 is 22.0 Å². The minimum atomic E-state index is -3.67. The third-order valence-electron chi connectivity index (χ3n) is 3.68. The Morgan fingerprint density at radius 3 is 2.38 bits per heavy atom. The van der Waals surface area contributed by atoms with E-state index >= 15 is 0 Å². The van der Waals surface area contributed by atoms with Crippen molar-refractivity contribution in [3.63, 3.8) is 0 Å². The third-order valence-corrected chi connectivity index (χ3v) is 5.16. The van der Waals surface area contributed by atoms with Crippen LogP contribution in [0.4, 0.5) is 0 Å². The number of benzene rings is 2. The van der Waals surface area contributed by atoms with Crippen molar-refractivity contribution in [2.24, 2.45) is 0 Å². The minimum Gasteiger partial charge on any atom is -0.497 e. The molecule has 0 bridgehead atoms. The van der Waals surface area contributed by atoms with Crippen molar-refractivity contribution in [1.29, 1.82) is 0 Å². The number of methoxy groups -OCH3 is 1. The van der Waals surface area contributed by atoms with Gasteiger partial charge in [0, 0.05) is 19.0 Å². The van der Waals surface area contributed by atoms with E-state index in [4.69, 9.17) is 4.74 Å². The van der Waals surface area contributed by atoms with Crippen LogP contribution in [0.5, 0.6) is 5.75 Å². The number of carbonyl (C=O) groups is 1. The van der Waals surface area contributed by atoms with E-state index in [1.54, 1.807) is 31.4 Å². The van der Waals surface area contributed by atoms with Crippen molar-refractivity contribution in [3.05, 3.63) is 71.1 Å². The number of hydrogen-bond acceptors (Lipinski definition) is 4. The van der Waals surface area contributed by atoms with Crippen LogP contribution in [0.1, 0.15) is 11.1 Å². The lowest BCUT2D eigenvalue weighted by Gasteiger charge is -2.14. The molecule has 0 spiro atoms. The summed E-state index contributed by atoms with van der Waals surface area (Å²) in [6.07, 6.45) is 1.50. The predicted octanol–water partition coefficient (Wildman–Crippen LogP) is 2.24. The van der Waals surface area contributed by atoms with Crippen LogP contribution in [0, 0.1) is 0 Å². The first-order valence-corrected chi connectivity index (χ1v) is 9.50. The first kappa shape index (κ1) is 19.7. The summed E-state index contributed by atoms with van der Waals surface area (Å²) in [5.41, 5.74) is 1.67. The molecule has 0 aromatic heterocycles. The molecule has 0 saturated heterocycles. The zero-order valence-corrected chi connectivity index (χ0v) is 15.6. The lowest BCUT2D eigenvalue weighted by molar-refractivity contribution is -0.121. The smallest absolute Gasteiger partial charge is 0.236 e. The number of nitrogens with one attached hydrogen (secondary N) is 1. The normalized spacial score (nSPS) is 11.7. The van der Waals surface area contributed by atoms with Crippen molar-refractivity contribution in [2.45, 2.75) is 6.54 Å². The first-order chi connectivity index (χ1) is 12.4. The molecule has 0 aliphatic rings. The standard InChI is InChI=1S/C19H22N2O4S/c1-21(26(23,24)13-12-16-6-4-3-5-7-16)15-19(22)20-14-17-8-10-18(25-2)11-9-17/h3-13H,14-15H2,1-2H3,(H,20,22). The number of rotatable bonds is 8. The number of carbonyl (C=O) groups excluding carboxylic acids is 1. The summed E-state index contributed by atoms with van der Waals surface area (Å²) in [4.78, 5) is 12.0. The van der Waals surface area contributed by atoms with Gasteiger partial charge in [-0.15, -0.1) is 0 Å². The van der Waals surface area contributed by atoms with E-state index in [0.29, 0.717) is 6.54 Å². The number of amides is 1. The van der Waals surface area contributed by atoms with Gasteiger partial charge in [0.25, 0.3) is 0 Å². The Morgan fingerprint density at radius 1 is 1.12 bits per heavy atom. The molecule has 2 aromatic rings. The second-order valence-corrected chi connectivity index (χ2v) is 7.56. The maximum Gasteiger partial charge on any atom is 0.236 e. The van der Waals surface area contributed by atoms with Gasteiger partial charge in [0.2, 0.25) is 15.9 Å². The molecule has 6 nitrogen and oxygen atoms in total. The molecule has 138 valence electrons. The molecular weight excluding hydrogens is 352 g/mol. The molecule has 0 fully saturated rings. The fraction of sp³-hybridized carbons (Fsp3) is 0.211. The zero-order valence-electron chi connectivity index (χ0n) is 14.8. The van der Waals surface area contributed by atoms with Gasteiger partial charge in [-0.1, -0.05) is 42.5 Å². The summed E-state index contributed by atoms with van der Waals surface area (Å²) in [6, 6.07) is 16.4. The molecule has 0 heterocycles. The van der Waals surface area contributed by atoms with E-state index in [-0.39, 0.29) is 12.5 Å². The highest BCUT2D eigenvalue weighted by Gasteiger charge is 2.17. The Bertz CT molecular complexity index is 847. The lowest BCUT2D eigenvalue weighted by atomic mass is 10.2. The third kappa shape index (κ3) is 6.02. The summed E-state index contributed by atoms with van der Waals surface area (Å²) in [6.45, 7) is 0.0637. The van der Waals surface area contributed by atoms with Gasteiger partial charge in [-0.05, 0) is 29.3 Å². The van der Waals surface area contributed by atoms with Crippen LogP contribution in [0.25, 0.3) is 6.08 Å². The van der Waals surface area contributed by atoms with Gasteiger partial charge in [-0.2, -0.15) is 4.31 Å². The van der Waals surface area contributed by atoms with Crippen LogP contribution in [0.15, 0.2) is 60.0 Å². The fourth-order valence-corrected chi connectivity index (χ4v) is 2.96. The van der Waals surface area contributed by atoms with Gasteiger partial charge >= 0.3 is 0 Å². The monoisotopic (exact) mass is 374 g/mol. The summed E-state index contributed by atoms with van der Waals surface area (Å²) in [5.74, 6) is 0.358. The Hall–Kier alpha value is -2.64. The van der Waals surface area contributed by atoms with Crippen LogP contribution in [-0.2, 0) is 21.4 Å². The largest absolute Gasteiger partial charge is 0.497 e. The Morgan fingerprint density at radius 2 is 1.77 bits per heavy atom. The first-order valence-electron chi connectivity index (χ1n) is 8.00. The number of sulfonamides is 1. The van der Waals surface area contributed by atoms with Crippen LogP contribution >= 0.6 is 0 Å². The lowest BCUT2D eigenvalue weighted by Crippen LogP contribution is -2.37. The van der Waals surface area contributed by atoms with E-state index < -0.39 is 10.0 Å². The maximum atomic E-state index is 12.2. The van der Waals surface area contributed by atoms with E-state index in [2.05, 4.69) is 5.32 Å². The van der Waals surface area contributed by atoms with E-state index in [0.717, 1.165) is 26.6 Å². The summed E-state index contributed by atoms with van der Waals surface area (Å²) >= 11 is 0. The molecule has 2 rings (SSSR count).